The molecule has 1 fully saturated rings. The molecule has 3 heteroatoms. The quantitative estimate of drug-likeness (QED) is 0.884. The monoisotopic (exact) mass is 246 g/mol. The molecule has 1 amide bonds. The van der Waals surface area contributed by atoms with Crippen LogP contribution in [0.2, 0.25) is 0 Å². The Labute approximate surface area is 109 Å². The van der Waals surface area contributed by atoms with Crippen LogP contribution in [0.3, 0.4) is 0 Å². The molecule has 18 heavy (non-hydrogen) atoms. The minimum atomic E-state index is 0.215. The summed E-state index contributed by atoms with van der Waals surface area (Å²) in [5, 5.41) is 3.34. The predicted octanol–water partition coefficient (Wildman–Crippen LogP) is 2.35. The van der Waals surface area contributed by atoms with E-state index in [1.807, 2.05) is 32.2 Å². The zero-order chi connectivity index (χ0) is 13.0. The van der Waals surface area contributed by atoms with Crippen molar-refractivity contribution in [1.29, 1.82) is 0 Å². The fourth-order valence-corrected chi connectivity index (χ4v) is 2.44. The van der Waals surface area contributed by atoms with Crippen LogP contribution in [0.1, 0.15) is 24.8 Å². The molecule has 1 aromatic rings. The van der Waals surface area contributed by atoms with Crippen molar-refractivity contribution in [3.05, 3.63) is 29.8 Å². The summed E-state index contributed by atoms with van der Waals surface area (Å²) in [5.41, 5.74) is 2.18. The van der Waals surface area contributed by atoms with Gasteiger partial charge in [0.05, 0.1) is 0 Å². The maximum atomic E-state index is 12.1. The van der Waals surface area contributed by atoms with Crippen LogP contribution in [0, 0.1) is 12.8 Å². The molecule has 1 saturated heterocycles. The van der Waals surface area contributed by atoms with Crippen LogP contribution >= 0.6 is 0 Å². The summed E-state index contributed by atoms with van der Waals surface area (Å²) in [6.45, 7) is 4.22. The second kappa shape index (κ2) is 6.01. The van der Waals surface area contributed by atoms with Crippen LogP contribution in [0.25, 0.3) is 0 Å². The first-order valence-corrected chi connectivity index (χ1v) is 6.71. The zero-order valence-corrected chi connectivity index (χ0v) is 11.3. The third kappa shape index (κ3) is 3.33. The minimum absolute atomic E-state index is 0.215. The van der Waals surface area contributed by atoms with Gasteiger partial charge in [0, 0.05) is 19.2 Å². The predicted molar refractivity (Wildman–Crippen MR) is 74.8 cm³/mol. The molecule has 1 N–H and O–H groups in total. The second-order valence-corrected chi connectivity index (χ2v) is 5.19. The number of nitrogens with zero attached hydrogens (tertiary/aromatic N) is 1. The van der Waals surface area contributed by atoms with E-state index in [1.54, 1.807) is 4.90 Å². The highest BCUT2D eigenvalue weighted by Gasteiger charge is 2.17. The van der Waals surface area contributed by atoms with Gasteiger partial charge < -0.3 is 10.2 Å². The van der Waals surface area contributed by atoms with Crippen LogP contribution in [0.5, 0.6) is 0 Å². The standard InChI is InChI=1S/C15H22N2O/c1-12-4-3-5-14(10-12)17(2)15(18)7-6-13-8-9-16-11-13/h3-5,10,13,16H,6-9,11H2,1-2H3. The van der Waals surface area contributed by atoms with Crippen LogP contribution in [0.15, 0.2) is 24.3 Å². The Morgan fingerprint density at radius 2 is 2.33 bits per heavy atom. The number of carbonyl (C=O) groups excluding carboxylic acids is 1. The molecule has 2 rings (SSSR count). The lowest BCUT2D eigenvalue weighted by Crippen LogP contribution is -2.26. The Morgan fingerprint density at radius 3 is 3.00 bits per heavy atom. The van der Waals surface area contributed by atoms with E-state index in [0.717, 1.165) is 25.2 Å². The Hall–Kier alpha value is -1.35. The Balaban J connectivity index is 1.87. The number of carbonyl (C=O) groups is 1. The van der Waals surface area contributed by atoms with Gasteiger partial charge in [-0.25, -0.2) is 0 Å². The number of amides is 1. The van der Waals surface area contributed by atoms with Crippen molar-refractivity contribution < 1.29 is 4.79 Å². The summed E-state index contributed by atoms with van der Waals surface area (Å²) in [5.74, 6) is 0.896. The Bertz CT molecular complexity index is 411. The number of nitrogens with one attached hydrogen (secondary N) is 1. The molecule has 1 unspecified atom stereocenters. The lowest BCUT2D eigenvalue weighted by atomic mass is 10.0. The highest BCUT2D eigenvalue weighted by atomic mass is 16.2. The lowest BCUT2D eigenvalue weighted by molar-refractivity contribution is -0.118. The van der Waals surface area contributed by atoms with Gasteiger partial charge in [0.1, 0.15) is 0 Å². The largest absolute Gasteiger partial charge is 0.316 e. The fraction of sp³-hybridized carbons (Fsp3) is 0.533. The summed E-state index contributed by atoms with van der Waals surface area (Å²) in [4.78, 5) is 13.9. The molecule has 1 aromatic carbocycles. The molecule has 98 valence electrons. The van der Waals surface area contributed by atoms with Crippen molar-refractivity contribution in [2.24, 2.45) is 5.92 Å². The second-order valence-electron chi connectivity index (χ2n) is 5.19. The summed E-state index contributed by atoms with van der Waals surface area (Å²) < 4.78 is 0. The maximum absolute atomic E-state index is 12.1. The van der Waals surface area contributed by atoms with Crippen molar-refractivity contribution in [3.8, 4) is 0 Å². The topological polar surface area (TPSA) is 32.3 Å². The van der Waals surface area contributed by atoms with Crippen LogP contribution < -0.4 is 10.2 Å². The normalized spacial score (nSPS) is 18.9. The van der Waals surface area contributed by atoms with Crippen molar-refractivity contribution >= 4 is 11.6 Å². The SMILES string of the molecule is Cc1cccc(N(C)C(=O)CCC2CCNC2)c1. The molecule has 0 spiro atoms. The van der Waals surface area contributed by atoms with Gasteiger partial charge in [0.15, 0.2) is 0 Å². The van der Waals surface area contributed by atoms with E-state index in [-0.39, 0.29) is 5.91 Å². The van der Waals surface area contributed by atoms with Crippen LogP contribution in [-0.2, 0) is 4.79 Å². The van der Waals surface area contributed by atoms with Crippen molar-refractivity contribution in [2.45, 2.75) is 26.2 Å². The van der Waals surface area contributed by atoms with Gasteiger partial charge in [-0.2, -0.15) is 0 Å². The molecule has 3 nitrogen and oxygen atoms in total. The molecule has 1 heterocycles. The van der Waals surface area contributed by atoms with E-state index in [9.17, 15) is 4.79 Å². The molecule has 0 radical (unpaired) electrons. The lowest BCUT2D eigenvalue weighted by Gasteiger charge is -2.18. The molecule has 1 aliphatic heterocycles. The Morgan fingerprint density at radius 1 is 1.50 bits per heavy atom. The number of anilines is 1. The van der Waals surface area contributed by atoms with Gasteiger partial charge in [-0.1, -0.05) is 12.1 Å². The minimum Gasteiger partial charge on any atom is -0.316 e. The van der Waals surface area contributed by atoms with E-state index in [4.69, 9.17) is 0 Å². The van der Waals surface area contributed by atoms with Gasteiger partial charge >= 0.3 is 0 Å². The third-order valence-electron chi connectivity index (χ3n) is 3.69. The number of rotatable bonds is 4. The van der Waals surface area contributed by atoms with Crippen LogP contribution in [0.4, 0.5) is 5.69 Å². The average molecular weight is 246 g/mol. The first-order chi connectivity index (χ1) is 8.66. The summed E-state index contributed by atoms with van der Waals surface area (Å²) in [7, 11) is 1.87. The van der Waals surface area contributed by atoms with Crippen LogP contribution in [-0.4, -0.2) is 26.0 Å². The van der Waals surface area contributed by atoms with Crippen molar-refractivity contribution in [1.82, 2.24) is 5.32 Å². The molecule has 1 atom stereocenters. The van der Waals surface area contributed by atoms with E-state index < -0.39 is 0 Å². The van der Waals surface area contributed by atoms with E-state index in [2.05, 4.69) is 11.4 Å². The van der Waals surface area contributed by atoms with Gasteiger partial charge in [0.2, 0.25) is 5.91 Å². The van der Waals surface area contributed by atoms with E-state index in [1.165, 1.54) is 12.0 Å². The van der Waals surface area contributed by atoms with E-state index >= 15 is 0 Å². The molecule has 1 aliphatic rings. The van der Waals surface area contributed by atoms with Crippen molar-refractivity contribution in [2.75, 3.05) is 25.0 Å². The third-order valence-corrected chi connectivity index (χ3v) is 3.69. The molecule has 0 bridgehead atoms. The highest BCUT2D eigenvalue weighted by molar-refractivity contribution is 5.92. The van der Waals surface area contributed by atoms with Gasteiger partial charge in [-0.05, 0) is 56.5 Å². The summed E-state index contributed by atoms with van der Waals surface area (Å²) in [6.07, 6.45) is 2.86. The molecule has 0 aromatic heterocycles. The van der Waals surface area contributed by atoms with Crippen molar-refractivity contribution in [3.63, 3.8) is 0 Å². The van der Waals surface area contributed by atoms with E-state index in [0.29, 0.717) is 12.3 Å². The Kier molecular flexibility index (Phi) is 4.37. The highest BCUT2D eigenvalue weighted by Crippen LogP contribution is 2.18. The molecular weight excluding hydrogens is 224 g/mol. The van der Waals surface area contributed by atoms with Gasteiger partial charge in [0.25, 0.3) is 0 Å². The maximum Gasteiger partial charge on any atom is 0.226 e. The average Bonchev–Trinajstić information content (AvgIpc) is 2.88. The molecular formula is C15H22N2O. The number of aryl methyl sites for hydroxylation is 1. The molecule has 0 aliphatic carbocycles. The fourth-order valence-electron chi connectivity index (χ4n) is 2.44. The number of hydrogen-bond donors (Lipinski definition) is 1. The number of benzene rings is 1. The summed E-state index contributed by atoms with van der Waals surface area (Å²) in [6, 6.07) is 8.08. The first-order valence-electron chi connectivity index (χ1n) is 6.71. The van der Waals surface area contributed by atoms with Gasteiger partial charge in [-0.15, -0.1) is 0 Å². The smallest absolute Gasteiger partial charge is 0.226 e. The molecule has 0 saturated carbocycles. The zero-order valence-electron chi connectivity index (χ0n) is 11.3. The first kappa shape index (κ1) is 13.1. The van der Waals surface area contributed by atoms with Gasteiger partial charge in [-0.3, -0.25) is 4.79 Å². The number of hydrogen-bond acceptors (Lipinski definition) is 2. The summed E-state index contributed by atoms with van der Waals surface area (Å²) >= 11 is 0.